The van der Waals surface area contributed by atoms with Crippen LogP contribution in [0.4, 0.5) is 0 Å². The van der Waals surface area contributed by atoms with E-state index in [1.54, 1.807) is 26.4 Å². The number of hydrogen-bond donors (Lipinski definition) is 0. The molecule has 4 rings (SSSR count). The summed E-state index contributed by atoms with van der Waals surface area (Å²) in [6, 6.07) is 5.53. The van der Waals surface area contributed by atoms with Crippen LogP contribution in [-0.4, -0.2) is 64.8 Å². The first-order valence-corrected chi connectivity index (χ1v) is 13.6. The van der Waals surface area contributed by atoms with E-state index in [9.17, 15) is 8.42 Å². The van der Waals surface area contributed by atoms with Crippen LogP contribution in [0.25, 0.3) is 11.4 Å². The second kappa shape index (κ2) is 10.6. The molecule has 1 aliphatic rings. The van der Waals surface area contributed by atoms with Crippen molar-refractivity contribution in [3.8, 4) is 17.1 Å². The van der Waals surface area contributed by atoms with Crippen molar-refractivity contribution < 1.29 is 22.6 Å². The molecule has 0 saturated carbocycles. The minimum absolute atomic E-state index is 0.218. The molecular weight excluding hydrogens is 482 g/mol. The van der Waals surface area contributed by atoms with Gasteiger partial charge in [0.1, 0.15) is 30.0 Å². The van der Waals surface area contributed by atoms with Gasteiger partial charge in [0.25, 0.3) is 0 Å². The molecule has 0 amide bonds. The Hall–Kier alpha value is -2.89. The van der Waals surface area contributed by atoms with Gasteiger partial charge in [-0.15, -0.1) is 10.2 Å². The fourth-order valence-electron chi connectivity index (χ4n) is 4.23. The average molecular weight is 516 g/mol. The van der Waals surface area contributed by atoms with Crippen LogP contribution < -0.4 is 4.74 Å². The van der Waals surface area contributed by atoms with Gasteiger partial charge in [-0.1, -0.05) is 11.6 Å². The van der Waals surface area contributed by atoms with E-state index in [0.717, 1.165) is 16.7 Å². The molecule has 0 N–H and O–H groups in total. The van der Waals surface area contributed by atoms with Crippen LogP contribution in [0, 0.1) is 13.8 Å². The number of nitrogens with zero attached hydrogens (tertiary/aromatic N) is 5. The third kappa shape index (κ3) is 5.42. The molecule has 194 valence electrons. The van der Waals surface area contributed by atoms with Crippen LogP contribution >= 0.6 is 0 Å². The number of methoxy groups -OCH3 is 1. The van der Waals surface area contributed by atoms with Crippen molar-refractivity contribution in [3.05, 3.63) is 53.4 Å². The smallest absolute Gasteiger partial charge is 0.168 e. The maximum Gasteiger partial charge on any atom is 0.168 e. The fourth-order valence-corrected chi connectivity index (χ4v) is 5.62. The van der Waals surface area contributed by atoms with Gasteiger partial charge in [0.15, 0.2) is 21.5 Å². The van der Waals surface area contributed by atoms with Crippen molar-refractivity contribution in [3.63, 3.8) is 0 Å². The summed E-state index contributed by atoms with van der Waals surface area (Å²) in [5.41, 5.74) is 2.68. The Morgan fingerprint density at radius 3 is 2.50 bits per heavy atom. The van der Waals surface area contributed by atoms with E-state index < -0.39 is 21.2 Å². The second-order valence-corrected chi connectivity index (χ2v) is 11.8. The maximum absolute atomic E-state index is 13.7. The zero-order valence-electron chi connectivity index (χ0n) is 21.5. The predicted molar refractivity (Wildman–Crippen MR) is 134 cm³/mol. The first kappa shape index (κ1) is 26.2. The lowest BCUT2D eigenvalue weighted by Crippen LogP contribution is -2.32. The van der Waals surface area contributed by atoms with Crippen LogP contribution in [0.1, 0.15) is 55.7 Å². The van der Waals surface area contributed by atoms with Crippen molar-refractivity contribution in [1.82, 2.24) is 24.7 Å². The highest BCUT2D eigenvalue weighted by Crippen LogP contribution is 2.36. The van der Waals surface area contributed by atoms with E-state index in [4.69, 9.17) is 14.2 Å². The molecule has 1 aromatic carbocycles. The van der Waals surface area contributed by atoms with Gasteiger partial charge >= 0.3 is 0 Å². The summed E-state index contributed by atoms with van der Waals surface area (Å²) < 4.78 is 46.7. The SMILES string of the molecule is COC[C@H]1COc2ccc(C)cc2-c2nnc(CS(=O)(=O)[C@@H](C)[C@@H](OC(C)C)c3ncc(C)cn3)n21. The van der Waals surface area contributed by atoms with Crippen molar-refractivity contribution >= 4 is 9.84 Å². The van der Waals surface area contributed by atoms with Crippen LogP contribution in [0.15, 0.2) is 30.6 Å². The molecule has 0 unspecified atom stereocenters. The predicted octanol–water partition coefficient (Wildman–Crippen LogP) is 3.40. The summed E-state index contributed by atoms with van der Waals surface area (Å²) in [5.74, 6) is 1.57. The fraction of sp³-hybridized carbons (Fsp3) is 0.520. The monoisotopic (exact) mass is 515 g/mol. The van der Waals surface area contributed by atoms with Gasteiger partial charge in [-0.3, -0.25) is 0 Å². The lowest BCUT2D eigenvalue weighted by molar-refractivity contribution is 0.00140. The Labute approximate surface area is 212 Å². The molecule has 3 atom stereocenters. The summed E-state index contributed by atoms with van der Waals surface area (Å²) in [5, 5.41) is 7.79. The van der Waals surface area contributed by atoms with E-state index in [1.165, 1.54) is 0 Å². The largest absolute Gasteiger partial charge is 0.491 e. The summed E-state index contributed by atoms with van der Waals surface area (Å²) in [6.45, 7) is 9.80. The summed E-state index contributed by atoms with van der Waals surface area (Å²) in [7, 11) is -2.17. The number of rotatable bonds is 9. The molecule has 1 aliphatic heterocycles. The van der Waals surface area contributed by atoms with Crippen LogP contribution in [0.2, 0.25) is 0 Å². The summed E-state index contributed by atoms with van der Waals surface area (Å²) >= 11 is 0. The Balaban J connectivity index is 1.72. The Morgan fingerprint density at radius 1 is 1.11 bits per heavy atom. The van der Waals surface area contributed by atoms with E-state index in [-0.39, 0.29) is 17.9 Å². The third-order valence-corrected chi connectivity index (χ3v) is 8.14. The highest BCUT2D eigenvalue weighted by molar-refractivity contribution is 7.91. The molecule has 36 heavy (non-hydrogen) atoms. The Kier molecular flexibility index (Phi) is 7.72. The highest BCUT2D eigenvalue weighted by Gasteiger charge is 2.37. The Bertz CT molecular complexity index is 1310. The van der Waals surface area contributed by atoms with Gasteiger partial charge in [0.05, 0.1) is 29.6 Å². The Morgan fingerprint density at radius 2 is 1.83 bits per heavy atom. The van der Waals surface area contributed by atoms with E-state index in [2.05, 4.69) is 20.2 Å². The minimum Gasteiger partial charge on any atom is -0.491 e. The lowest BCUT2D eigenvalue weighted by Gasteiger charge is -2.25. The highest BCUT2D eigenvalue weighted by atomic mass is 32.2. The number of benzene rings is 1. The lowest BCUT2D eigenvalue weighted by atomic mass is 10.1. The summed E-state index contributed by atoms with van der Waals surface area (Å²) in [6.07, 6.45) is 2.27. The van der Waals surface area contributed by atoms with Gasteiger partial charge in [0, 0.05) is 19.5 Å². The molecule has 3 aromatic rings. The third-order valence-electron chi connectivity index (χ3n) is 6.10. The van der Waals surface area contributed by atoms with Crippen LogP contribution in [0.5, 0.6) is 5.75 Å². The molecule has 3 heterocycles. The van der Waals surface area contributed by atoms with Gasteiger partial charge in [-0.25, -0.2) is 18.4 Å². The molecule has 11 heteroatoms. The van der Waals surface area contributed by atoms with Crippen molar-refractivity contribution in [2.45, 2.75) is 63.9 Å². The second-order valence-electron chi connectivity index (χ2n) is 9.47. The van der Waals surface area contributed by atoms with Crippen molar-refractivity contribution in [2.24, 2.45) is 0 Å². The first-order chi connectivity index (χ1) is 17.1. The number of ether oxygens (including phenoxy) is 3. The standard InChI is InChI=1S/C25H33N5O5S/c1-15(2)35-23(24-26-10-17(4)11-27-24)18(5)36(31,32)14-22-28-29-25-20-9-16(3)7-8-21(20)34-13-19(12-33-6)30(22)25/h7-11,15,18-19,23H,12-14H2,1-6H3/t18-,19-,23+/m0/s1. The van der Waals surface area contributed by atoms with Crippen molar-refractivity contribution in [2.75, 3.05) is 20.3 Å². The minimum atomic E-state index is -3.77. The van der Waals surface area contributed by atoms with Crippen LogP contribution in [-0.2, 0) is 25.1 Å². The van der Waals surface area contributed by atoms with E-state index in [1.807, 2.05) is 50.5 Å². The topological polar surface area (TPSA) is 118 Å². The molecule has 10 nitrogen and oxygen atoms in total. The quantitative estimate of drug-likeness (QED) is 0.422. The molecular formula is C25H33N5O5S. The number of sulfone groups is 1. The number of aryl methyl sites for hydroxylation is 2. The van der Waals surface area contributed by atoms with E-state index in [0.29, 0.717) is 36.4 Å². The van der Waals surface area contributed by atoms with Gasteiger partial charge in [-0.2, -0.15) is 0 Å². The van der Waals surface area contributed by atoms with E-state index >= 15 is 0 Å². The molecule has 0 radical (unpaired) electrons. The maximum atomic E-state index is 13.7. The molecule has 0 fully saturated rings. The zero-order chi connectivity index (χ0) is 26.0. The molecule has 2 aromatic heterocycles. The molecule has 0 aliphatic carbocycles. The summed E-state index contributed by atoms with van der Waals surface area (Å²) in [4.78, 5) is 8.70. The average Bonchev–Trinajstić information content (AvgIpc) is 3.16. The number of fused-ring (bicyclic) bond motifs is 3. The van der Waals surface area contributed by atoms with Crippen molar-refractivity contribution in [1.29, 1.82) is 0 Å². The number of hydrogen-bond acceptors (Lipinski definition) is 9. The first-order valence-electron chi connectivity index (χ1n) is 11.9. The molecule has 0 saturated heterocycles. The van der Waals surface area contributed by atoms with Gasteiger partial charge in [-0.05, 0) is 52.3 Å². The van der Waals surface area contributed by atoms with Crippen LogP contribution in [0.3, 0.4) is 0 Å². The zero-order valence-corrected chi connectivity index (χ0v) is 22.3. The number of aromatic nitrogens is 5. The molecule has 0 bridgehead atoms. The normalized spacial score (nSPS) is 17.1. The van der Waals surface area contributed by atoms with Gasteiger partial charge in [0.2, 0.25) is 0 Å². The molecule has 0 spiro atoms. The van der Waals surface area contributed by atoms with Gasteiger partial charge < -0.3 is 18.8 Å².